The van der Waals surface area contributed by atoms with Crippen molar-refractivity contribution < 1.29 is 4.74 Å². The quantitative estimate of drug-likeness (QED) is 0.699. The molecule has 19 heavy (non-hydrogen) atoms. The summed E-state index contributed by atoms with van der Waals surface area (Å²) in [6.45, 7) is 16.0. The Kier molecular flexibility index (Phi) is 6.07. The van der Waals surface area contributed by atoms with Crippen molar-refractivity contribution in [2.45, 2.75) is 26.7 Å². The van der Waals surface area contributed by atoms with E-state index < -0.39 is 0 Å². The number of ether oxygens (including phenoxy) is 1. The molecule has 0 aromatic rings. The van der Waals surface area contributed by atoms with E-state index >= 15 is 0 Å². The first kappa shape index (κ1) is 15.2. The van der Waals surface area contributed by atoms with Gasteiger partial charge in [-0.25, -0.2) is 0 Å². The molecule has 0 aliphatic carbocycles. The van der Waals surface area contributed by atoms with Gasteiger partial charge in [-0.1, -0.05) is 13.8 Å². The smallest absolute Gasteiger partial charge is 0.0547 e. The minimum atomic E-state index is 0.365. The number of hydrogen-bond acceptors (Lipinski definition) is 4. The summed E-state index contributed by atoms with van der Waals surface area (Å²) in [4.78, 5) is 5.19. The van der Waals surface area contributed by atoms with Crippen molar-refractivity contribution in [2.24, 2.45) is 5.41 Å². The molecule has 0 aromatic heterocycles. The van der Waals surface area contributed by atoms with Gasteiger partial charge in [0, 0.05) is 51.3 Å². The Morgan fingerprint density at radius 3 is 2.42 bits per heavy atom. The number of hydrogen-bond donors (Lipinski definition) is 1. The van der Waals surface area contributed by atoms with Crippen LogP contribution in [0, 0.1) is 5.41 Å². The fraction of sp³-hybridized carbons (Fsp3) is 1.00. The van der Waals surface area contributed by atoms with Crippen molar-refractivity contribution in [3.05, 3.63) is 0 Å². The number of nitrogens with one attached hydrogen (secondary N) is 1. The Hall–Kier alpha value is -0.160. The van der Waals surface area contributed by atoms with Gasteiger partial charge >= 0.3 is 0 Å². The van der Waals surface area contributed by atoms with Gasteiger partial charge in [-0.05, 0) is 25.9 Å². The molecule has 0 spiro atoms. The third kappa shape index (κ3) is 4.42. The van der Waals surface area contributed by atoms with Gasteiger partial charge in [-0.2, -0.15) is 0 Å². The van der Waals surface area contributed by atoms with Crippen LogP contribution in [0.3, 0.4) is 0 Å². The van der Waals surface area contributed by atoms with Crippen LogP contribution in [0.15, 0.2) is 0 Å². The minimum absolute atomic E-state index is 0.365. The van der Waals surface area contributed by atoms with Crippen molar-refractivity contribution in [3.8, 4) is 0 Å². The summed E-state index contributed by atoms with van der Waals surface area (Å²) < 4.78 is 5.70. The van der Waals surface area contributed by atoms with E-state index in [1.54, 1.807) is 0 Å². The van der Waals surface area contributed by atoms with E-state index in [4.69, 9.17) is 4.74 Å². The molecule has 112 valence electrons. The summed E-state index contributed by atoms with van der Waals surface area (Å²) in [6.07, 6.45) is 2.43. The Bertz CT molecular complexity index is 246. The lowest BCUT2D eigenvalue weighted by Crippen LogP contribution is -2.52. The predicted molar refractivity (Wildman–Crippen MR) is 79.6 cm³/mol. The zero-order valence-corrected chi connectivity index (χ0v) is 12.8. The molecular formula is C15H31N3O. The first-order valence-corrected chi connectivity index (χ1v) is 8.01. The lowest BCUT2D eigenvalue weighted by Gasteiger charge is -2.39. The van der Waals surface area contributed by atoms with E-state index in [0.29, 0.717) is 5.41 Å². The third-order valence-electron chi connectivity index (χ3n) is 4.58. The van der Waals surface area contributed by atoms with Crippen LogP contribution in [0.1, 0.15) is 26.7 Å². The van der Waals surface area contributed by atoms with Gasteiger partial charge in [0.2, 0.25) is 0 Å². The fourth-order valence-electron chi connectivity index (χ4n) is 3.24. The maximum absolute atomic E-state index is 5.70. The lowest BCUT2D eigenvalue weighted by molar-refractivity contribution is 0.0730. The van der Waals surface area contributed by atoms with E-state index in [-0.39, 0.29) is 0 Å². The second-order valence-electron chi connectivity index (χ2n) is 6.19. The molecule has 0 radical (unpaired) electrons. The first-order valence-electron chi connectivity index (χ1n) is 8.01. The molecule has 1 N–H and O–H groups in total. The summed E-state index contributed by atoms with van der Waals surface area (Å²) in [7, 11) is 0. The number of nitrogens with zero attached hydrogens (tertiary/aromatic N) is 2. The molecule has 4 nitrogen and oxygen atoms in total. The van der Waals surface area contributed by atoms with Crippen LogP contribution >= 0.6 is 0 Å². The summed E-state index contributed by atoms with van der Waals surface area (Å²) in [5, 5.41) is 3.61. The number of likely N-dealkylation sites (N-methyl/N-ethyl adjacent to an activating group) is 1. The van der Waals surface area contributed by atoms with Crippen LogP contribution in [0.4, 0.5) is 0 Å². The first-order chi connectivity index (χ1) is 9.28. The molecule has 0 saturated carbocycles. The number of piperazine rings is 1. The Labute approximate surface area is 118 Å². The minimum Gasteiger partial charge on any atom is -0.381 e. The fourth-order valence-corrected chi connectivity index (χ4v) is 3.24. The molecule has 2 heterocycles. The SMILES string of the molecule is CCCNCC1(CN2CCN(CC)CC2)CCOC1. The zero-order chi connectivity index (χ0) is 13.6. The molecule has 2 aliphatic rings. The maximum Gasteiger partial charge on any atom is 0.0547 e. The molecule has 4 heteroatoms. The Morgan fingerprint density at radius 2 is 1.84 bits per heavy atom. The van der Waals surface area contributed by atoms with Crippen LogP contribution in [-0.2, 0) is 4.74 Å². The van der Waals surface area contributed by atoms with Gasteiger partial charge in [0.1, 0.15) is 0 Å². The maximum atomic E-state index is 5.70. The monoisotopic (exact) mass is 269 g/mol. The number of rotatable bonds is 7. The molecule has 0 aromatic carbocycles. The molecular weight excluding hydrogens is 238 g/mol. The van der Waals surface area contributed by atoms with Gasteiger partial charge in [0.25, 0.3) is 0 Å². The van der Waals surface area contributed by atoms with E-state index in [1.165, 1.54) is 52.1 Å². The highest BCUT2D eigenvalue weighted by atomic mass is 16.5. The van der Waals surface area contributed by atoms with Crippen molar-refractivity contribution in [1.29, 1.82) is 0 Å². The Balaban J connectivity index is 1.80. The van der Waals surface area contributed by atoms with Crippen LogP contribution in [-0.4, -0.2) is 75.4 Å². The van der Waals surface area contributed by atoms with E-state index in [0.717, 1.165) is 26.3 Å². The molecule has 2 fully saturated rings. The van der Waals surface area contributed by atoms with E-state index in [9.17, 15) is 0 Å². The largest absolute Gasteiger partial charge is 0.381 e. The van der Waals surface area contributed by atoms with E-state index in [2.05, 4.69) is 29.0 Å². The molecule has 1 atom stereocenters. The van der Waals surface area contributed by atoms with Gasteiger partial charge in [0.05, 0.1) is 6.61 Å². The standard InChI is InChI=1S/C15H31N3O/c1-3-6-16-12-15(5-11-19-14-15)13-18-9-7-17(4-2)8-10-18/h16H,3-14H2,1-2H3. The van der Waals surface area contributed by atoms with Crippen molar-refractivity contribution in [1.82, 2.24) is 15.1 Å². The highest BCUT2D eigenvalue weighted by Crippen LogP contribution is 2.29. The summed E-state index contributed by atoms with van der Waals surface area (Å²) >= 11 is 0. The molecule has 2 rings (SSSR count). The summed E-state index contributed by atoms with van der Waals surface area (Å²) in [6, 6.07) is 0. The average molecular weight is 269 g/mol. The van der Waals surface area contributed by atoms with Crippen LogP contribution in [0.2, 0.25) is 0 Å². The van der Waals surface area contributed by atoms with Crippen molar-refractivity contribution in [3.63, 3.8) is 0 Å². The van der Waals surface area contributed by atoms with E-state index in [1.807, 2.05) is 0 Å². The van der Waals surface area contributed by atoms with Crippen molar-refractivity contribution in [2.75, 3.05) is 65.6 Å². The topological polar surface area (TPSA) is 27.7 Å². The van der Waals surface area contributed by atoms with Crippen molar-refractivity contribution >= 4 is 0 Å². The second-order valence-corrected chi connectivity index (χ2v) is 6.19. The highest BCUT2D eigenvalue weighted by Gasteiger charge is 2.36. The Morgan fingerprint density at radius 1 is 1.11 bits per heavy atom. The van der Waals surface area contributed by atoms with Gasteiger partial charge in [-0.15, -0.1) is 0 Å². The van der Waals surface area contributed by atoms with Gasteiger partial charge in [0.15, 0.2) is 0 Å². The van der Waals surface area contributed by atoms with Gasteiger partial charge < -0.3 is 19.9 Å². The predicted octanol–water partition coefficient (Wildman–Crippen LogP) is 1.03. The molecule has 2 aliphatic heterocycles. The zero-order valence-electron chi connectivity index (χ0n) is 12.8. The average Bonchev–Trinajstić information content (AvgIpc) is 2.89. The van der Waals surface area contributed by atoms with Crippen LogP contribution < -0.4 is 5.32 Å². The normalized spacial score (nSPS) is 30.0. The molecule has 1 unspecified atom stereocenters. The van der Waals surface area contributed by atoms with Crippen LogP contribution in [0.25, 0.3) is 0 Å². The molecule has 0 bridgehead atoms. The third-order valence-corrected chi connectivity index (χ3v) is 4.58. The highest BCUT2D eigenvalue weighted by molar-refractivity contribution is 4.89. The molecule has 2 saturated heterocycles. The summed E-state index contributed by atoms with van der Waals surface area (Å²) in [5.74, 6) is 0. The summed E-state index contributed by atoms with van der Waals surface area (Å²) in [5.41, 5.74) is 0.365. The lowest BCUT2D eigenvalue weighted by atomic mass is 9.86. The second kappa shape index (κ2) is 7.58. The van der Waals surface area contributed by atoms with Gasteiger partial charge in [-0.3, -0.25) is 0 Å². The molecule has 0 amide bonds. The van der Waals surface area contributed by atoms with Crippen LogP contribution in [0.5, 0.6) is 0 Å².